The average molecular weight is 756 g/mol. The van der Waals surface area contributed by atoms with Gasteiger partial charge >= 0.3 is 0 Å². The summed E-state index contributed by atoms with van der Waals surface area (Å²) in [4.78, 5) is 18.0. The van der Waals surface area contributed by atoms with Crippen molar-refractivity contribution in [3.8, 4) is 39.6 Å². The Bertz CT molecular complexity index is 2920. The van der Waals surface area contributed by atoms with Gasteiger partial charge in [0.25, 0.3) is 0 Å². The van der Waals surface area contributed by atoms with E-state index in [2.05, 4.69) is 183 Å². The molecule has 0 fully saturated rings. The number of para-hydroxylation sites is 1. The molecular weight excluding hydrogens is 711 g/mol. The van der Waals surface area contributed by atoms with Crippen LogP contribution in [0.4, 0.5) is 11.4 Å². The van der Waals surface area contributed by atoms with Crippen molar-refractivity contribution in [2.24, 2.45) is 0 Å². The summed E-state index contributed by atoms with van der Waals surface area (Å²) >= 11 is 0. The van der Waals surface area contributed by atoms with Crippen LogP contribution in [0.5, 0.6) is 0 Å². The van der Waals surface area contributed by atoms with E-state index >= 15 is 0 Å². The van der Waals surface area contributed by atoms with Crippen LogP contribution in [0.25, 0.3) is 72.5 Å². The molecule has 0 saturated heterocycles. The van der Waals surface area contributed by atoms with Crippen molar-refractivity contribution in [3.05, 3.63) is 181 Å². The maximum absolute atomic E-state index is 6.88. The first-order valence-electron chi connectivity index (χ1n) is 20.0. The molecule has 0 aliphatic heterocycles. The molecule has 0 aliphatic carbocycles. The van der Waals surface area contributed by atoms with Gasteiger partial charge in [-0.2, -0.15) is 0 Å². The van der Waals surface area contributed by atoms with Crippen LogP contribution >= 0.6 is 0 Å². The summed E-state index contributed by atoms with van der Waals surface area (Å²) in [7, 11) is 2.10. The second-order valence-electron chi connectivity index (χ2n) is 14.8. The normalized spacial score (nSPS) is 12.4. The number of allylic oxidation sites excluding steroid dienone is 4. The molecule has 0 radical (unpaired) electrons. The highest BCUT2D eigenvalue weighted by Crippen LogP contribution is 2.40. The Hall–Kier alpha value is -7.05. The Balaban J connectivity index is 1.26. The Morgan fingerprint density at radius 2 is 1.29 bits per heavy atom. The van der Waals surface area contributed by atoms with Gasteiger partial charge in [-0.05, 0) is 99.3 Å². The summed E-state index contributed by atoms with van der Waals surface area (Å²) in [5.74, 6) is 1.33. The van der Waals surface area contributed by atoms with Crippen LogP contribution in [-0.4, -0.2) is 26.6 Å². The van der Waals surface area contributed by atoms with E-state index in [9.17, 15) is 0 Å². The van der Waals surface area contributed by atoms with Crippen molar-refractivity contribution < 1.29 is 4.42 Å². The zero-order valence-electron chi connectivity index (χ0n) is 33.3. The number of hydrogen-bond donors (Lipinski definition) is 0. The van der Waals surface area contributed by atoms with Crippen LogP contribution in [-0.2, 0) is 0 Å². The van der Waals surface area contributed by atoms with E-state index in [1.54, 1.807) is 0 Å². The molecule has 3 aromatic heterocycles. The molecule has 6 nitrogen and oxygen atoms in total. The number of rotatable bonds is 11. The maximum Gasteiger partial charge on any atom is 0.235 e. The van der Waals surface area contributed by atoms with Gasteiger partial charge in [0.05, 0.1) is 22.8 Å². The fraction of sp³-hybridized carbons (Fsp3) is 0.135. The molecule has 9 rings (SSSR count). The van der Waals surface area contributed by atoms with E-state index < -0.39 is 0 Å². The lowest BCUT2D eigenvalue weighted by Gasteiger charge is -2.19. The molecule has 0 bridgehead atoms. The van der Waals surface area contributed by atoms with Crippen LogP contribution in [0, 0.1) is 6.92 Å². The van der Waals surface area contributed by atoms with Crippen LogP contribution in [0.1, 0.15) is 44.1 Å². The summed E-state index contributed by atoms with van der Waals surface area (Å²) in [5.41, 5.74) is 12.9. The van der Waals surface area contributed by atoms with Crippen molar-refractivity contribution >= 4 is 44.3 Å². The van der Waals surface area contributed by atoms with E-state index in [0.29, 0.717) is 11.8 Å². The topological polar surface area (TPSA) is 60.0 Å². The fourth-order valence-electron chi connectivity index (χ4n) is 7.87. The lowest BCUT2D eigenvalue weighted by molar-refractivity contribution is 0.493. The van der Waals surface area contributed by atoms with Crippen LogP contribution in [0.15, 0.2) is 174 Å². The van der Waals surface area contributed by atoms with E-state index in [1.807, 2.05) is 24.3 Å². The minimum absolute atomic E-state index is 0.0442. The number of aryl methyl sites for hydroxylation is 1. The second-order valence-corrected chi connectivity index (χ2v) is 14.8. The number of hydrogen-bond acceptors (Lipinski definition) is 5. The number of benzene rings is 6. The summed E-state index contributed by atoms with van der Waals surface area (Å²) in [6, 6.07) is 51.1. The predicted molar refractivity (Wildman–Crippen MR) is 241 cm³/mol. The standard InChI is InChI=1S/C52H45N5O/c1-5-7-10-18-39(15-6-2)51-53-45-31-30-43-44-33-40(36-25-28-42(29-26-36)56(4)41-19-13-9-14-20-41)27-32-48(44)57(49(43)50(45)58-51)52-54-46(37-16-11-8-12-17-37)34-47(55-52)38-23-21-35(3)22-24-38/h5-9,11-17,19-34,39H,10,18H2,1-4H3/b7-5-,15-6-. The number of fused-ring (bicyclic) bond motifs is 5. The van der Waals surface area contributed by atoms with Gasteiger partial charge in [0.15, 0.2) is 5.58 Å². The first-order valence-corrected chi connectivity index (χ1v) is 20.0. The van der Waals surface area contributed by atoms with Gasteiger partial charge < -0.3 is 9.32 Å². The van der Waals surface area contributed by atoms with E-state index in [-0.39, 0.29) is 5.92 Å². The van der Waals surface area contributed by atoms with Gasteiger partial charge in [-0.3, -0.25) is 4.57 Å². The minimum atomic E-state index is 0.0442. The molecule has 9 aromatic rings. The molecule has 0 N–H and O–H groups in total. The lowest BCUT2D eigenvalue weighted by atomic mass is 10.0. The molecule has 1 unspecified atom stereocenters. The van der Waals surface area contributed by atoms with E-state index in [0.717, 1.165) is 90.8 Å². The summed E-state index contributed by atoms with van der Waals surface area (Å²) in [6.45, 7) is 6.22. The third kappa shape index (κ3) is 6.98. The Morgan fingerprint density at radius 1 is 0.638 bits per heavy atom. The average Bonchev–Trinajstić information content (AvgIpc) is 3.86. The summed E-state index contributed by atoms with van der Waals surface area (Å²) < 4.78 is 9.06. The first-order chi connectivity index (χ1) is 28.5. The SMILES string of the molecule is C/C=C\CCC(/C=C\C)c1nc2ccc3c4cc(-c5ccc(N(C)c6ccccc6)cc5)ccc4n(-c4nc(-c5ccccc5)cc(-c5ccc(C)cc5)n4)c3c2o1. The number of anilines is 2. The van der Waals surface area contributed by atoms with Gasteiger partial charge in [0.1, 0.15) is 11.0 Å². The molecular formula is C52H45N5O. The molecule has 0 amide bonds. The minimum Gasteiger partial charge on any atom is -0.438 e. The van der Waals surface area contributed by atoms with Crippen molar-refractivity contribution in [3.63, 3.8) is 0 Å². The number of aromatic nitrogens is 4. The molecule has 6 heteroatoms. The molecule has 0 saturated carbocycles. The van der Waals surface area contributed by atoms with Crippen molar-refractivity contribution in [2.75, 3.05) is 11.9 Å². The zero-order chi connectivity index (χ0) is 39.6. The molecule has 58 heavy (non-hydrogen) atoms. The summed E-state index contributed by atoms with van der Waals surface area (Å²) in [6.07, 6.45) is 10.4. The smallest absolute Gasteiger partial charge is 0.235 e. The largest absolute Gasteiger partial charge is 0.438 e. The van der Waals surface area contributed by atoms with Gasteiger partial charge in [0.2, 0.25) is 11.8 Å². The predicted octanol–water partition coefficient (Wildman–Crippen LogP) is 13.8. The first kappa shape index (κ1) is 36.6. The molecule has 3 heterocycles. The van der Waals surface area contributed by atoms with Gasteiger partial charge in [-0.1, -0.05) is 121 Å². The number of oxazole rings is 1. The second kappa shape index (κ2) is 15.8. The quantitative estimate of drug-likeness (QED) is 0.123. The van der Waals surface area contributed by atoms with Crippen LogP contribution < -0.4 is 4.90 Å². The third-order valence-electron chi connectivity index (χ3n) is 11.0. The summed E-state index contributed by atoms with van der Waals surface area (Å²) in [5, 5.41) is 2.14. The van der Waals surface area contributed by atoms with E-state index in [4.69, 9.17) is 19.4 Å². The van der Waals surface area contributed by atoms with Crippen LogP contribution in [0.3, 0.4) is 0 Å². The molecule has 6 aromatic carbocycles. The molecule has 0 aliphatic rings. The van der Waals surface area contributed by atoms with Gasteiger partial charge in [0, 0.05) is 40.3 Å². The highest BCUT2D eigenvalue weighted by atomic mass is 16.3. The monoisotopic (exact) mass is 755 g/mol. The Morgan fingerprint density at radius 3 is 2.00 bits per heavy atom. The Labute approximate surface area is 339 Å². The highest BCUT2D eigenvalue weighted by molar-refractivity contribution is 6.17. The molecule has 0 spiro atoms. The zero-order valence-corrected chi connectivity index (χ0v) is 33.3. The van der Waals surface area contributed by atoms with Gasteiger partial charge in [-0.15, -0.1) is 0 Å². The van der Waals surface area contributed by atoms with E-state index in [1.165, 1.54) is 5.56 Å². The van der Waals surface area contributed by atoms with Crippen molar-refractivity contribution in [1.82, 2.24) is 19.5 Å². The molecule has 284 valence electrons. The van der Waals surface area contributed by atoms with Crippen molar-refractivity contribution in [1.29, 1.82) is 0 Å². The lowest BCUT2D eigenvalue weighted by Crippen LogP contribution is -2.08. The highest BCUT2D eigenvalue weighted by Gasteiger charge is 2.24. The fourth-order valence-corrected chi connectivity index (χ4v) is 7.87. The Kier molecular flexibility index (Phi) is 9.98. The van der Waals surface area contributed by atoms with Crippen LogP contribution in [0.2, 0.25) is 0 Å². The van der Waals surface area contributed by atoms with Crippen molar-refractivity contribution in [2.45, 2.75) is 39.5 Å². The molecule has 1 atom stereocenters. The maximum atomic E-state index is 6.88. The number of nitrogens with zero attached hydrogens (tertiary/aromatic N) is 5. The van der Waals surface area contributed by atoms with Gasteiger partial charge in [-0.25, -0.2) is 15.0 Å². The third-order valence-corrected chi connectivity index (χ3v) is 11.0.